The van der Waals surface area contributed by atoms with Gasteiger partial charge in [-0.15, -0.1) is 0 Å². The first-order chi connectivity index (χ1) is 11.6. The van der Waals surface area contributed by atoms with Crippen LogP contribution in [0.1, 0.15) is 63.9 Å². The van der Waals surface area contributed by atoms with Crippen molar-refractivity contribution in [2.75, 3.05) is 6.61 Å². The van der Waals surface area contributed by atoms with Crippen molar-refractivity contribution in [2.24, 2.45) is 0 Å². The minimum Gasteiger partial charge on any atom is -0.342 e. The third kappa shape index (κ3) is 5.86. The van der Waals surface area contributed by atoms with Gasteiger partial charge in [0.05, 0.1) is 13.0 Å². The SMILES string of the molecule is CCCCCCCCCOC1(F)C=CC(c2ccccc2)=C(F)C1. The van der Waals surface area contributed by atoms with Crippen LogP contribution in [0.25, 0.3) is 5.57 Å². The minimum absolute atomic E-state index is 0.336. The van der Waals surface area contributed by atoms with E-state index < -0.39 is 11.7 Å². The van der Waals surface area contributed by atoms with Crippen molar-refractivity contribution in [3.05, 3.63) is 53.9 Å². The van der Waals surface area contributed by atoms with Crippen molar-refractivity contribution >= 4 is 5.57 Å². The zero-order chi connectivity index (χ0) is 17.3. The molecule has 0 N–H and O–H groups in total. The molecule has 0 radical (unpaired) electrons. The molecule has 1 aliphatic rings. The van der Waals surface area contributed by atoms with E-state index in [1.165, 1.54) is 37.8 Å². The van der Waals surface area contributed by atoms with Gasteiger partial charge >= 0.3 is 0 Å². The number of allylic oxidation sites excluding steroid dienone is 2. The van der Waals surface area contributed by atoms with Crippen LogP contribution < -0.4 is 0 Å². The van der Waals surface area contributed by atoms with E-state index in [1.54, 1.807) is 0 Å². The summed E-state index contributed by atoms with van der Waals surface area (Å²) in [5.74, 6) is -2.46. The summed E-state index contributed by atoms with van der Waals surface area (Å²) in [5.41, 5.74) is 1.21. The first kappa shape index (κ1) is 18.9. The Morgan fingerprint density at radius 1 is 1.00 bits per heavy atom. The molecule has 0 spiro atoms. The molecule has 3 heteroatoms. The highest BCUT2D eigenvalue weighted by Gasteiger charge is 2.33. The van der Waals surface area contributed by atoms with Crippen LogP contribution in [-0.2, 0) is 4.74 Å². The second kappa shape index (κ2) is 9.73. The molecule has 0 saturated carbocycles. The number of hydrogen-bond donors (Lipinski definition) is 0. The summed E-state index contributed by atoms with van der Waals surface area (Å²) in [4.78, 5) is 0. The Morgan fingerprint density at radius 3 is 2.33 bits per heavy atom. The van der Waals surface area contributed by atoms with Crippen molar-refractivity contribution in [3.63, 3.8) is 0 Å². The van der Waals surface area contributed by atoms with E-state index in [1.807, 2.05) is 30.3 Å². The molecule has 1 aliphatic carbocycles. The molecular weight excluding hydrogens is 306 g/mol. The summed E-state index contributed by atoms with van der Waals surface area (Å²) in [7, 11) is 0. The summed E-state index contributed by atoms with van der Waals surface area (Å²) in [6.07, 6.45) is 10.5. The molecule has 0 aromatic heterocycles. The van der Waals surface area contributed by atoms with Gasteiger partial charge in [0.2, 0.25) is 5.85 Å². The predicted octanol–water partition coefficient (Wildman–Crippen LogP) is 6.76. The molecule has 0 heterocycles. The Labute approximate surface area is 144 Å². The molecule has 0 fully saturated rings. The van der Waals surface area contributed by atoms with E-state index in [-0.39, 0.29) is 6.42 Å². The largest absolute Gasteiger partial charge is 0.342 e. The Kier molecular flexibility index (Phi) is 7.64. The lowest BCUT2D eigenvalue weighted by molar-refractivity contribution is -0.109. The fourth-order valence-corrected chi connectivity index (χ4v) is 2.93. The molecule has 1 nitrogen and oxygen atoms in total. The number of ether oxygens (including phenoxy) is 1. The standard InChI is InChI=1S/C21H28F2O/c1-2-3-4-5-6-7-11-16-24-21(23)15-14-19(20(22)17-21)18-12-9-8-10-13-18/h8-10,12-15H,2-7,11,16-17H2,1H3. The fraction of sp³-hybridized carbons (Fsp3) is 0.524. The third-order valence-corrected chi connectivity index (χ3v) is 4.36. The topological polar surface area (TPSA) is 9.23 Å². The number of alkyl halides is 1. The van der Waals surface area contributed by atoms with Gasteiger partial charge in [-0.25, -0.2) is 8.78 Å². The molecule has 0 bridgehead atoms. The molecule has 1 aromatic carbocycles. The second-order valence-electron chi connectivity index (χ2n) is 6.45. The summed E-state index contributed by atoms with van der Waals surface area (Å²) >= 11 is 0. The van der Waals surface area contributed by atoms with E-state index in [0.29, 0.717) is 12.2 Å². The molecule has 2 rings (SSSR count). The van der Waals surface area contributed by atoms with Crippen LogP contribution in [0.5, 0.6) is 0 Å². The lowest BCUT2D eigenvalue weighted by Gasteiger charge is -2.25. The van der Waals surface area contributed by atoms with Gasteiger partial charge in [0.25, 0.3) is 0 Å². The quantitative estimate of drug-likeness (QED) is 0.429. The summed E-state index contributed by atoms with van der Waals surface area (Å²) in [5, 5.41) is 0. The average molecular weight is 334 g/mol. The molecule has 0 amide bonds. The summed E-state index contributed by atoms with van der Waals surface area (Å²) < 4.78 is 34.2. The van der Waals surface area contributed by atoms with Crippen molar-refractivity contribution in [2.45, 2.75) is 64.1 Å². The Bertz CT molecular complexity index is 550. The van der Waals surface area contributed by atoms with Gasteiger partial charge in [-0.3, -0.25) is 0 Å². The van der Waals surface area contributed by atoms with Crippen LogP contribution in [0.15, 0.2) is 48.3 Å². The third-order valence-electron chi connectivity index (χ3n) is 4.36. The number of unbranched alkanes of at least 4 members (excludes halogenated alkanes) is 6. The van der Waals surface area contributed by atoms with Gasteiger partial charge in [0, 0.05) is 5.57 Å². The summed E-state index contributed by atoms with van der Waals surface area (Å²) in [6, 6.07) is 9.21. The van der Waals surface area contributed by atoms with Crippen LogP contribution in [0, 0.1) is 0 Å². The Balaban J connectivity index is 1.74. The minimum atomic E-state index is -2.01. The molecule has 0 aliphatic heterocycles. The second-order valence-corrected chi connectivity index (χ2v) is 6.45. The molecule has 132 valence electrons. The first-order valence-corrected chi connectivity index (χ1v) is 9.11. The maximum atomic E-state index is 14.6. The lowest BCUT2D eigenvalue weighted by Crippen LogP contribution is -2.27. The predicted molar refractivity (Wildman–Crippen MR) is 96.0 cm³/mol. The molecule has 0 saturated heterocycles. The van der Waals surface area contributed by atoms with Crippen molar-refractivity contribution in [3.8, 4) is 0 Å². The zero-order valence-corrected chi connectivity index (χ0v) is 14.6. The van der Waals surface area contributed by atoms with E-state index in [2.05, 4.69) is 6.92 Å². The maximum absolute atomic E-state index is 14.6. The molecule has 1 aromatic rings. The van der Waals surface area contributed by atoms with Crippen LogP contribution in [0.2, 0.25) is 0 Å². The van der Waals surface area contributed by atoms with E-state index in [9.17, 15) is 8.78 Å². The van der Waals surface area contributed by atoms with Gasteiger partial charge in [-0.05, 0) is 18.1 Å². The fourth-order valence-electron chi connectivity index (χ4n) is 2.93. The highest BCUT2D eigenvalue weighted by molar-refractivity contribution is 5.76. The van der Waals surface area contributed by atoms with Gasteiger partial charge in [0.15, 0.2) is 0 Å². The number of benzene rings is 1. The van der Waals surface area contributed by atoms with Crippen LogP contribution in [-0.4, -0.2) is 12.5 Å². The normalized spacial score (nSPS) is 20.6. The van der Waals surface area contributed by atoms with Gasteiger partial charge in [-0.1, -0.05) is 81.9 Å². The van der Waals surface area contributed by atoms with Crippen molar-refractivity contribution < 1.29 is 13.5 Å². The Hall–Kier alpha value is -1.48. The number of hydrogen-bond acceptors (Lipinski definition) is 1. The molecule has 1 unspecified atom stereocenters. The smallest absolute Gasteiger partial charge is 0.235 e. The number of halogens is 2. The molecule has 1 atom stereocenters. The highest BCUT2D eigenvalue weighted by atomic mass is 19.2. The average Bonchev–Trinajstić information content (AvgIpc) is 2.58. The first-order valence-electron chi connectivity index (χ1n) is 9.11. The van der Waals surface area contributed by atoms with Gasteiger partial charge < -0.3 is 4.74 Å². The number of rotatable bonds is 10. The van der Waals surface area contributed by atoms with Gasteiger partial charge in [0.1, 0.15) is 5.83 Å². The molecule has 24 heavy (non-hydrogen) atoms. The van der Waals surface area contributed by atoms with Gasteiger partial charge in [-0.2, -0.15) is 0 Å². The van der Waals surface area contributed by atoms with Crippen LogP contribution >= 0.6 is 0 Å². The van der Waals surface area contributed by atoms with E-state index in [4.69, 9.17) is 4.74 Å². The Morgan fingerprint density at radius 2 is 1.67 bits per heavy atom. The monoisotopic (exact) mass is 334 g/mol. The maximum Gasteiger partial charge on any atom is 0.235 e. The van der Waals surface area contributed by atoms with E-state index >= 15 is 0 Å². The highest BCUT2D eigenvalue weighted by Crippen LogP contribution is 2.36. The van der Waals surface area contributed by atoms with Crippen molar-refractivity contribution in [1.29, 1.82) is 0 Å². The van der Waals surface area contributed by atoms with Crippen LogP contribution in [0.4, 0.5) is 8.78 Å². The zero-order valence-electron chi connectivity index (χ0n) is 14.6. The van der Waals surface area contributed by atoms with Crippen LogP contribution in [0.3, 0.4) is 0 Å². The lowest BCUT2D eigenvalue weighted by atomic mass is 9.96. The van der Waals surface area contributed by atoms with E-state index in [0.717, 1.165) is 24.8 Å². The molecular formula is C21H28F2O. The van der Waals surface area contributed by atoms with Crippen molar-refractivity contribution in [1.82, 2.24) is 0 Å². The summed E-state index contributed by atoms with van der Waals surface area (Å²) in [6.45, 7) is 2.53.